The van der Waals surface area contributed by atoms with E-state index < -0.39 is 12.9 Å². The lowest BCUT2D eigenvalue weighted by Crippen LogP contribution is -2.29. The first-order valence-electron chi connectivity index (χ1n) is 3.86. The topological polar surface area (TPSA) is 40.5 Å². The molecule has 0 unspecified atom stereocenters. The van der Waals surface area contributed by atoms with Crippen LogP contribution in [0.25, 0.3) is 10.1 Å². The van der Waals surface area contributed by atoms with Gasteiger partial charge in [0.1, 0.15) is 0 Å². The van der Waals surface area contributed by atoms with Crippen LogP contribution in [0.2, 0.25) is 0 Å². The van der Waals surface area contributed by atoms with Gasteiger partial charge in [-0.05, 0) is 11.5 Å². The van der Waals surface area contributed by atoms with Crippen LogP contribution >= 0.6 is 24.0 Å². The highest BCUT2D eigenvalue weighted by molar-refractivity contribution is 7.83. The summed E-state index contributed by atoms with van der Waals surface area (Å²) >= 11 is 5.19. The lowest BCUT2D eigenvalue weighted by molar-refractivity contribution is 0.426. The summed E-state index contributed by atoms with van der Waals surface area (Å²) < 4.78 is 14.4. The smallest absolute Gasteiger partial charge is 0.423 e. The second kappa shape index (κ2) is 3.54. The number of hydrogen-bond acceptors (Lipinski definition) is 4. The summed E-state index contributed by atoms with van der Waals surface area (Å²) in [5.74, 6) is -0.407. The third-order valence-electron chi connectivity index (χ3n) is 1.93. The standard InChI is InChI=1S/C8H6BFO2S2/c10-7-5-3-4(9(11)12)1-2-6(5)14-8(7)13/h1-3,11-13H. The second-order valence-electron chi connectivity index (χ2n) is 2.85. The number of rotatable bonds is 1. The average Bonchev–Trinajstić information content (AvgIpc) is 2.43. The molecule has 0 amide bonds. The summed E-state index contributed by atoms with van der Waals surface area (Å²) in [5, 5.41) is 18.2. The molecule has 0 saturated heterocycles. The zero-order valence-corrected chi connectivity index (χ0v) is 8.65. The van der Waals surface area contributed by atoms with E-state index in [4.69, 9.17) is 10.0 Å². The zero-order chi connectivity index (χ0) is 10.3. The van der Waals surface area contributed by atoms with Crippen LogP contribution in [-0.4, -0.2) is 17.2 Å². The van der Waals surface area contributed by atoms with Gasteiger partial charge >= 0.3 is 7.12 Å². The molecular weight excluding hydrogens is 222 g/mol. The maximum absolute atomic E-state index is 13.4. The third kappa shape index (κ3) is 1.54. The molecule has 14 heavy (non-hydrogen) atoms. The lowest BCUT2D eigenvalue weighted by atomic mass is 9.80. The molecule has 0 aliphatic carbocycles. The van der Waals surface area contributed by atoms with Crippen molar-refractivity contribution >= 4 is 46.6 Å². The third-order valence-corrected chi connectivity index (χ3v) is 3.35. The van der Waals surface area contributed by atoms with E-state index in [-0.39, 0.29) is 5.46 Å². The molecule has 0 aliphatic rings. The van der Waals surface area contributed by atoms with Crippen molar-refractivity contribution in [2.75, 3.05) is 0 Å². The molecule has 0 fully saturated rings. The Morgan fingerprint density at radius 1 is 1.36 bits per heavy atom. The molecule has 0 radical (unpaired) electrons. The fraction of sp³-hybridized carbons (Fsp3) is 0. The van der Waals surface area contributed by atoms with Crippen LogP contribution in [0.4, 0.5) is 4.39 Å². The van der Waals surface area contributed by atoms with E-state index in [0.717, 1.165) is 4.70 Å². The molecule has 2 aromatic rings. The minimum atomic E-state index is -1.57. The highest BCUT2D eigenvalue weighted by Gasteiger charge is 2.15. The van der Waals surface area contributed by atoms with Crippen molar-refractivity contribution in [3.63, 3.8) is 0 Å². The highest BCUT2D eigenvalue weighted by atomic mass is 32.2. The first kappa shape index (κ1) is 9.98. The Hall–Kier alpha value is -0.555. The zero-order valence-electron chi connectivity index (χ0n) is 6.94. The summed E-state index contributed by atoms with van der Waals surface area (Å²) in [6.07, 6.45) is 0. The molecular formula is C8H6BFO2S2. The van der Waals surface area contributed by atoms with E-state index in [9.17, 15) is 4.39 Å². The summed E-state index contributed by atoms with van der Waals surface area (Å²) in [5.41, 5.74) is 0.280. The van der Waals surface area contributed by atoms with Crippen molar-refractivity contribution in [2.24, 2.45) is 0 Å². The van der Waals surface area contributed by atoms with Crippen molar-refractivity contribution in [1.82, 2.24) is 0 Å². The van der Waals surface area contributed by atoms with E-state index in [1.165, 1.54) is 17.4 Å². The lowest BCUT2D eigenvalue weighted by Gasteiger charge is -1.98. The maximum atomic E-state index is 13.4. The SMILES string of the molecule is OB(O)c1ccc2sc(S)c(F)c2c1. The largest absolute Gasteiger partial charge is 0.488 e. The van der Waals surface area contributed by atoms with Gasteiger partial charge in [-0.3, -0.25) is 0 Å². The number of thiophene rings is 1. The Labute approximate surface area is 89.6 Å². The van der Waals surface area contributed by atoms with Crippen LogP contribution in [0, 0.1) is 5.82 Å². The van der Waals surface area contributed by atoms with E-state index in [1.54, 1.807) is 12.1 Å². The highest BCUT2D eigenvalue weighted by Crippen LogP contribution is 2.31. The fourth-order valence-electron chi connectivity index (χ4n) is 1.23. The summed E-state index contributed by atoms with van der Waals surface area (Å²) in [7, 11) is -1.57. The molecule has 2 nitrogen and oxygen atoms in total. The van der Waals surface area contributed by atoms with Crippen LogP contribution in [0.15, 0.2) is 22.4 Å². The second-order valence-corrected chi connectivity index (χ2v) is 4.65. The molecule has 1 heterocycles. The first-order valence-corrected chi connectivity index (χ1v) is 5.13. The normalized spacial score (nSPS) is 10.9. The van der Waals surface area contributed by atoms with E-state index >= 15 is 0 Å². The predicted molar refractivity (Wildman–Crippen MR) is 58.9 cm³/mol. The van der Waals surface area contributed by atoms with Gasteiger partial charge in [0.2, 0.25) is 0 Å². The maximum Gasteiger partial charge on any atom is 0.488 e. The van der Waals surface area contributed by atoms with Gasteiger partial charge in [-0.25, -0.2) is 4.39 Å². The van der Waals surface area contributed by atoms with Gasteiger partial charge in [-0.1, -0.05) is 12.1 Å². The minimum absolute atomic E-state index is 0.280. The Bertz CT molecular complexity index is 483. The molecule has 0 spiro atoms. The van der Waals surface area contributed by atoms with Crippen LogP contribution in [-0.2, 0) is 0 Å². The van der Waals surface area contributed by atoms with Crippen molar-refractivity contribution < 1.29 is 14.4 Å². The monoisotopic (exact) mass is 228 g/mol. The van der Waals surface area contributed by atoms with Crippen molar-refractivity contribution in [3.8, 4) is 0 Å². The Morgan fingerprint density at radius 2 is 2.07 bits per heavy atom. The molecule has 72 valence electrons. The van der Waals surface area contributed by atoms with Gasteiger partial charge in [0.05, 0.1) is 4.21 Å². The van der Waals surface area contributed by atoms with Crippen LogP contribution in [0.1, 0.15) is 0 Å². The first-order chi connectivity index (χ1) is 6.59. The van der Waals surface area contributed by atoms with Gasteiger partial charge in [-0.2, -0.15) is 0 Å². The van der Waals surface area contributed by atoms with Gasteiger partial charge in [0, 0.05) is 10.1 Å². The Kier molecular flexibility index (Phi) is 2.53. The van der Waals surface area contributed by atoms with E-state index in [2.05, 4.69) is 12.6 Å². The quantitative estimate of drug-likeness (QED) is 0.503. The van der Waals surface area contributed by atoms with Crippen molar-refractivity contribution in [3.05, 3.63) is 24.0 Å². The van der Waals surface area contributed by atoms with E-state index in [0.29, 0.717) is 9.60 Å². The van der Waals surface area contributed by atoms with Crippen LogP contribution in [0.5, 0.6) is 0 Å². The van der Waals surface area contributed by atoms with Crippen molar-refractivity contribution in [1.29, 1.82) is 0 Å². The van der Waals surface area contributed by atoms with Gasteiger partial charge in [0.25, 0.3) is 0 Å². The average molecular weight is 228 g/mol. The number of fused-ring (bicyclic) bond motifs is 1. The molecule has 6 heteroatoms. The molecule has 2 rings (SSSR count). The molecule has 0 atom stereocenters. The summed E-state index contributed by atoms with van der Waals surface area (Å²) in [6, 6.07) is 4.62. The summed E-state index contributed by atoms with van der Waals surface area (Å²) in [6.45, 7) is 0. The number of halogens is 1. The molecule has 2 N–H and O–H groups in total. The Balaban J connectivity index is 2.69. The number of thiol groups is 1. The fourth-order valence-corrected chi connectivity index (χ4v) is 2.45. The molecule has 1 aromatic heterocycles. The van der Waals surface area contributed by atoms with Gasteiger partial charge in [0.15, 0.2) is 5.82 Å². The minimum Gasteiger partial charge on any atom is -0.423 e. The molecule has 0 saturated carbocycles. The van der Waals surface area contributed by atoms with Crippen molar-refractivity contribution in [2.45, 2.75) is 4.21 Å². The molecule has 1 aromatic carbocycles. The molecule has 0 aliphatic heterocycles. The van der Waals surface area contributed by atoms with E-state index in [1.807, 2.05) is 0 Å². The molecule has 0 bridgehead atoms. The summed E-state index contributed by atoms with van der Waals surface area (Å²) in [4.78, 5) is 0. The van der Waals surface area contributed by atoms with Crippen LogP contribution in [0.3, 0.4) is 0 Å². The predicted octanol–water partition coefficient (Wildman–Crippen LogP) is 1.01. The van der Waals surface area contributed by atoms with Gasteiger partial charge < -0.3 is 10.0 Å². The number of benzene rings is 1. The van der Waals surface area contributed by atoms with Gasteiger partial charge in [-0.15, -0.1) is 24.0 Å². The number of hydrogen-bond donors (Lipinski definition) is 3. The van der Waals surface area contributed by atoms with Crippen LogP contribution < -0.4 is 5.46 Å². The Morgan fingerprint density at radius 3 is 2.71 bits per heavy atom.